The summed E-state index contributed by atoms with van der Waals surface area (Å²) in [5, 5.41) is 0. The summed E-state index contributed by atoms with van der Waals surface area (Å²) in [6.07, 6.45) is 8.16. The number of hydrogen-bond acceptors (Lipinski definition) is 0. The van der Waals surface area contributed by atoms with Crippen LogP contribution in [0.2, 0.25) is 0 Å². The van der Waals surface area contributed by atoms with Gasteiger partial charge in [0, 0.05) is 12.0 Å². The molecule has 1 fully saturated rings. The summed E-state index contributed by atoms with van der Waals surface area (Å²) in [7, 11) is 0. The third-order valence-corrected chi connectivity index (χ3v) is 6.80. The van der Waals surface area contributed by atoms with Crippen LogP contribution in [0.3, 0.4) is 0 Å². The van der Waals surface area contributed by atoms with Crippen LogP contribution in [0.25, 0.3) is 11.1 Å². The standard InChI is InChI=1S/C27H34F4/c1-3-5-6-20-7-9-21(10-8-20)22-11-13-23(14-12-22)24-15-17-25(18-16-24)27(30,31)26(28,29)19-4-2/h11-18,20-21H,3-10,19H2,1-2H3. The monoisotopic (exact) mass is 434 g/mol. The first-order chi connectivity index (χ1) is 14.8. The van der Waals surface area contributed by atoms with Gasteiger partial charge in [-0.2, -0.15) is 17.6 Å². The SMILES string of the molecule is CCCCC1CCC(c2ccc(-c3ccc(C(F)(F)C(F)(F)CCC)cc3)cc2)CC1. The number of benzene rings is 2. The number of unbranched alkanes of at least 4 members (excludes halogenated alkanes) is 1. The molecule has 0 heterocycles. The molecule has 31 heavy (non-hydrogen) atoms. The Hall–Kier alpha value is -1.84. The van der Waals surface area contributed by atoms with E-state index < -0.39 is 23.8 Å². The maximum atomic E-state index is 14.3. The molecule has 170 valence electrons. The van der Waals surface area contributed by atoms with Gasteiger partial charge < -0.3 is 0 Å². The van der Waals surface area contributed by atoms with Crippen LogP contribution in [0.15, 0.2) is 48.5 Å². The lowest BCUT2D eigenvalue weighted by atomic mass is 9.77. The van der Waals surface area contributed by atoms with E-state index in [4.69, 9.17) is 0 Å². The Balaban J connectivity index is 1.65. The quantitative estimate of drug-likeness (QED) is 0.345. The smallest absolute Gasteiger partial charge is 0.199 e. The Labute approximate surface area is 184 Å². The fourth-order valence-corrected chi connectivity index (χ4v) is 4.78. The van der Waals surface area contributed by atoms with Crippen LogP contribution in [0.5, 0.6) is 0 Å². The van der Waals surface area contributed by atoms with E-state index in [-0.39, 0.29) is 6.42 Å². The summed E-state index contributed by atoms with van der Waals surface area (Å²) in [6.45, 7) is 3.73. The highest BCUT2D eigenvalue weighted by molar-refractivity contribution is 5.64. The van der Waals surface area contributed by atoms with E-state index in [1.165, 1.54) is 69.6 Å². The molecule has 0 nitrogen and oxygen atoms in total. The van der Waals surface area contributed by atoms with Crippen molar-refractivity contribution in [3.05, 3.63) is 59.7 Å². The predicted octanol–water partition coefficient (Wildman–Crippen LogP) is 9.34. The predicted molar refractivity (Wildman–Crippen MR) is 120 cm³/mol. The number of rotatable bonds is 9. The molecule has 0 radical (unpaired) electrons. The van der Waals surface area contributed by atoms with Crippen LogP contribution >= 0.6 is 0 Å². The zero-order chi connectivity index (χ0) is 22.5. The fraction of sp³-hybridized carbons (Fsp3) is 0.556. The zero-order valence-electron chi connectivity index (χ0n) is 18.6. The summed E-state index contributed by atoms with van der Waals surface area (Å²) in [5.41, 5.74) is 2.37. The lowest BCUT2D eigenvalue weighted by Crippen LogP contribution is -2.37. The van der Waals surface area contributed by atoms with Gasteiger partial charge in [-0.25, -0.2) is 0 Å². The van der Waals surface area contributed by atoms with Crippen LogP contribution in [0.4, 0.5) is 17.6 Å². The first kappa shape index (κ1) is 23.8. The summed E-state index contributed by atoms with van der Waals surface area (Å²) < 4.78 is 56.3. The van der Waals surface area contributed by atoms with Crippen LogP contribution in [0.1, 0.15) is 88.7 Å². The normalized spacial score (nSPS) is 20.1. The summed E-state index contributed by atoms with van der Waals surface area (Å²) >= 11 is 0. The fourth-order valence-electron chi connectivity index (χ4n) is 4.78. The van der Waals surface area contributed by atoms with Crippen molar-refractivity contribution in [1.82, 2.24) is 0 Å². The van der Waals surface area contributed by atoms with E-state index in [1.807, 2.05) is 12.1 Å². The first-order valence-electron chi connectivity index (χ1n) is 11.7. The molecular weight excluding hydrogens is 400 g/mol. The van der Waals surface area contributed by atoms with Crippen molar-refractivity contribution in [3.8, 4) is 11.1 Å². The van der Waals surface area contributed by atoms with Gasteiger partial charge in [0.25, 0.3) is 0 Å². The lowest BCUT2D eigenvalue weighted by molar-refractivity contribution is -0.219. The summed E-state index contributed by atoms with van der Waals surface area (Å²) in [5.74, 6) is -6.74. The zero-order valence-corrected chi connectivity index (χ0v) is 18.6. The molecule has 4 heteroatoms. The topological polar surface area (TPSA) is 0 Å². The van der Waals surface area contributed by atoms with Crippen LogP contribution in [-0.2, 0) is 5.92 Å². The van der Waals surface area contributed by atoms with Gasteiger partial charge >= 0.3 is 11.8 Å². The second-order valence-electron chi connectivity index (χ2n) is 9.09. The molecule has 0 aromatic heterocycles. The maximum absolute atomic E-state index is 14.3. The van der Waals surface area contributed by atoms with Crippen LogP contribution < -0.4 is 0 Å². The molecule has 0 N–H and O–H groups in total. The van der Waals surface area contributed by atoms with Gasteiger partial charge in [-0.3, -0.25) is 0 Å². The highest BCUT2D eigenvalue weighted by Crippen LogP contribution is 2.46. The minimum Gasteiger partial charge on any atom is -0.199 e. The van der Waals surface area contributed by atoms with E-state index in [1.54, 1.807) is 0 Å². The molecule has 1 aliphatic carbocycles. The van der Waals surface area contributed by atoms with Gasteiger partial charge in [-0.1, -0.05) is 88.1 Å². The van der Waals surface area contributed by atoms with Crippen molar-refractivity contribution in [3.63, 3.8) is 0 Å². The number of hydrogen-bond donors (Lipinski definition) is 0. The molecule has 2 aromatic rings. The largest absolute Gasteiger partial charge is 0.335 e. The molecule has 1 aliphatic rings. The highest BCUT2D eigenvalue weighted by Gasteiger charge is 2.56. The molecule has 1 saturated carbocycles. The minimum atomic E-state index is -4.17. The third-order valence-electron chi connectivity index (χ3n) is 6.80. The van der Waals surface area contributed by atoms with Crippen LogP contribution in [-0.4, -0.2) is 5.92 Å². The molecular formula is C27H34F4. The van der Waals surface area contributed by atoms with Gasteiger partial charge in [0.15, 0.2) is 0 Å². The van der Waals surface area contributed by atoms with E-state index in [0.717, 1.165) is 29.2 Å². The lowest BCUT2D eigenvalue weighted by Gasteiger charge is -2.29. The van der Waals surface area contributed by atoms with Gasteiger partial charge in [0.05, 0.1) is 0 Å². The first-order valence-corrected chi connectivity index (χ1v) is 11.7. The summed E-state index contributed by atoms with van der Waals surface area (Å²) in [4.78, 5) is 0. The second-order valence-corrected chi connectivity index (χ2v) is 9.09. The average molecular weight is 435 g/mol. The molecule has 2 aromatic carbocycles. The van der Waals surface area contributed by atoms with Gasteiger partial charge in [0.1, 0.15) is 0 Å². The van der Waals surface area contributed by atoms with E-state index >= 15 is 0 Å². The Morgan fingerprint density at radius 1 is 0.742 bits per heavy atom. The van der Waals surface area contributed by atoms with Crippen molar-refractivity contribution in [2.45, 2.75) is 89.4 Å². The van der Waals surface area contributed by atoms with Gasteiger partial charge in [-0.15, -0.1) is 0 Å². The molecule has 0 aliphatic heterocycles. The van der Waals surface area contributed by atoms with Gasteiger partial charge in [0.2, 0.25) is 0 Å². The number of alkyl halides is 4. The molecule has 3 rings (SSSR count). The van der Waals surface area contributed by atoms with E-state index in [0.29, 0.717) is 5.92 Å². The Kier molecular flexibility index (Phi) is 7.82. The van der Waals surface area contributed by atoms with E-state index in [9.17, 15) is 17.6 Å². The molecule has 0 atom stereocenters. The Bertz CT molecular complexity index is 800. The third kappa shape index (κ3) is 5.51. The maximum Gasteiger partial charge on any atom is 0.335 e. The number of halogens is 4. The highest BCUT2D eigenvalue weighted by atomic mass is 19.3. The van der Waals surface area contributed by atoms with Crippen molar-refractivity contribution >= 4 is 0 Å². The van der Waals surface area contributed by atoms with E-state index in [2.05, 4.69) is 19.1 Å². The van der Waals surface area contributed by atoms with Crippen molar-refractivity contribution in [2.24, 2.45) is 5.92 Å². The molecule has 0 unspecified atom stereocenters. The molecule has 0 amide bonds. The molecule has 0 spiro atoms. The minimum absolute atomic E-state index is 0.00735. The van der Waals surface area contributed by atoms with Gasteiger partial charge in [-0.05, 0) is 54.2 Å². The van der Waals surface area contributed by atoms with Crippen molar-refractivity contribution < 1.29 is 17.6 Å². The average Bonchev–Trinajstić information content (AvgIpc) is 2.78. The second kappa shape index (κ2) is 10.2. The summed E-state index contributed by atoms with van der Waals surface area (Å²) in [6, 6.07) is 13.6. The van der Waals surface area contributed by atoms with Crippen molar-refractivity contribution in [1.29, 1.82) is 0 Å². The Morgan fingerprint density at radius 2 is 1.29 bits per heavy atom. The van der Waals surface area contributed by atoms with Crippen LogP contribution in [0, 0.1) is 5.92 Å². The molecule has 0 bridgehead atoms. The molecule has 0 saturated heterocycles. The van der Waals surface area contributed by atoms with Crippen molar-refractivity contribution in [2.75, 3.05) is 0 Å². The Morgan fingerprint density at radius 3 is 1.81 bits per heavy atom.